The van der Waals surface area contributed by atoms with E-state index < -0.39 is 6.36 Å². The van der Waals surface area contributed by atoms with Gasteiger partial charge in [0.1, 0.15) is 11.6 Å². The summed E-state index contributed by atoms with van der Waals surface area (Å²) in [5, 5.41) is 0. The molecule has 0 spiro atoms. The first-order valence-electron chi connectivity index (χ1n) is 7.30. The normalized spacial score (nSPS) is 23.8. The second kappa shape index (κ2) is 6.29. The Bertz CT molecular complexity index is 489. The van der Waals surface area contributed by atoms with Crippen molar-refractivity contribution in [1.29, 1.82) is 0 Å². The van der Waals surface area contributed by atoms with E-state index >= 15 is 0 Å². The molecule has 0 aliphatic carbocycles. The number of morpholine rings is 1. The van der Waals surface area contributed by atoms with Crippen LogP contribution in [0.2, 0.25) is 0 Å². The number of aromatic nitrogens is 1. The molecule has 0 amide bonds. The molecule has 22 heavy (non-hydrogen) atoms. The number of rotatable bonds is 3. The highest BCUT2D eigenvalue weighted by Gasteiger charge is 2.32. The molecular formula is C14H18F3N3O2. The third kappa shape index (κ3) is 3.80. The van der Waals surface area contributed by atoms with E-state index in [1.54, 1.807) is 6.07 Å². The van der Waals surface area contributed by atoms with Gasteiger partial charge < -0.3 is 14.4 Å². The topological polar surface area (TPSA) is 37.8 Å². The Morgan fingerprint density at radius 3 is 2.59 bits per heavy atom. The molecule has 0 bridgehead atoms. The van der Waals surface area contributed by atoms with Gasteiger partial charge in [0.2, 0.25) is 0 Å². The monoisotopic (exact) mass is 317 g/mol. The highest BCUT2D eigenvalue weighted by atomic mass is 19.4. The van der Waals surface area contributed by atoms with Crippen LogP contribution in [0.15, 0.2) is 18.3 Å². The molecule has 0 N–H and O–H groups in total. The first-order chi connectivity index (χ1) is 10.5. The number of halogens is 3. The second-order valence-electron chi connectivity index (χ2n) is 5.44. The number of anilines is 1. The fourth-order valence-corrected chi connectivity index (χ4v) is 2.94. The molecule has 1 atom stereocenters. The van der Waals surface area contributed by atoms with E-state index in [1.807, 2.05) is 0 Å². The first-order valence-corrected chi connectivity index (χ1v) is 7.30. The minimum Gasteiger partial charge on any atom is -0.404 e. The Morgan fingerprint density at radius 2 is 1.95 bits per heavy atom. The standard InChI is InChI=1S/C14H18F3N3O2/c15-14(16,17)22-12-1-2-13(18-9-12)20-4-3-11(10-20)19-5-7-21-8-6-19/h1-2,9,11H,3-8,10H2. The van der Waals surface area contributed by atoms with Crippen molar-refractivity contribution < 1.29 is 22.6 Å². The number of hydrogen-bond donors (Lipinski definition) is 0. The molecule has 0 radical (unpaired) electrons. The summed E-state index contributed by atoms with van der Waals surface area (Å²) < 4.78 is 45.6. The molecule has 2 aliphatic rings. The van der Waals surface area contributed by atoms with Crippen molar-refractivity contribution in [2.24, 2.45) is 0 Å². The van der Waals surface area contributed by atoms with Crippen LogP contribution in [0.5, 0.6) is 5.75 Å². The summed E-state index contributed by atoms with van der Waals surface area (Å²) in [6, 6.07) is 3.33. The molecule has 2 fully saturated rings. The molecule has 122 valence electrons. The Labute approximate surface area is 126 Å². The summed E-state index contributed by atoms with van der Waals surface area (Å²) in [5.41, 5.74) is 0. The van der Waals surface area contributed by atoms with Gasteiger partial charge in [-0.15, -0.1) is 13.2 Å². The fourth-order valence-electron chi connectivity index (χ4n) is 2.94. The quantitative estimate of drug-likeness (QED) is 0.851. The van der Waals surface area contributed by atoms with Crippen molar-refractivity contribution in [3.63, 3.8) is 0 Å². The number of nitrogens with zero attached hydrogens (tertiary/aromatic N) is 3. The summed E-state index contributed by atoms with van der Waals surface area (Å²) in [4.78, 5) is 8.58. The van der Waals surface area contributed by atoms with Crippen LogP contribution in [-0.2, 0) is 4.74 Å². The Balaban J connectivity index is 1.58. The van der Waals surface area contributed by atoms with E-state index in [-0.39, 0.29) is 5.75 Å². The lowest BCUT2D eigenvalue weighted by Crippen LogP contribution is -2.44. The van der Waals surface area contributed by atoms with Gasteiger partial charge in [-0.25, -0.2) is 4.98 Å². The van der Waals surface area contributed by atoms with Crippen molar-refractivity contribution in [1.82, 2.24) is 9.88 Å². The largest absolute Gasteiger partial charge is 0.573 e. The first kappa shape index (κ1) is 15.4. The average molecular weight is 317 g/mol. The zero-order valence-corrected chi connectivity index (χ0v) is 12.1. The molecule has 1 aromatic heterocycles. The van der Waals surface area contributed by atoms with Crippen LogP contribution in [0.25, 0.3) is 0 Å². The summed E-state index contributed by atoms with van der Waals surface area (Å²) >= 11 is 0. The maximum Gasteiger partial charge on any atom is 0.573 e. The smallest absolute Gasteiger partial charge is 0.404 e. The molecule has 8 heteroatoms. The zero-order chi connectivity index (χ0) is 15.6. The van der Waals surface area contributed by atoms with E-state index in [1.165, 1.54) is 6.07 Å². The number of ether oxygens (including phenoxy) is 2. The van der Waals surface area contributed by atoms with Gasteiger partial charge in [0.05, 0.1) is 19.4 Å². The molecule has 1 aromatic rings. The summed E-state index contributed by atoms with van der Waals surface area (Å²) in [5.74, 6) is 0.394. The van der Waals surface area contributed by atoms with Crippen LogP contribution in [0, 0.1) is 0 Å². The second-order valence-corrected chi connectivity index (χ2v) is 5.44. The van der Waals surface area contributed by atoms with Crippen LogP contribution in [0.4, 0.5) is 19.0 Å². The average Bonchev–Trinajstić information content (AvgIpc) is 2.97. The van der Waals surface area contributed by atoms with Gasteiger partial charge in [-0.3, -0.25) is 4.90 Å². The van der Waals surface area contributed by atoms with Gasteiger partial charge in [0.15, 0.2) is 0 Å². The maximum atomic E-state index is 12.1. The van der Waals surface area contributed by atoms with Crippen molar-refractivity contribution in [2.75, 3.05) is 44.3 Å². The zero-order valence-electron chi connectivity index (χ0n) is 12.1. The predicted molar refractivity (Wildman–Crippen MR) is 73.9 cm³/mol. The van der Waals surface area contributed by atoms with Crippen molar-refractivity contribution in [3.8, 4) is 5.75 Å². The number of alkyl halides is 3. The highest BCUT2D eigenvalue weighted by molar-refractivity contribution is 5.42. The number of hydrogen-bond acceptors (Lipinski definition) is 5. The Kier molecular flexibility index (Phi) is 4.39. The maximum absolute atomic E-state index is 12.1. The molecule has 1 unspecified atom stereocenters. The summed E-state index contributed by atoms with van der Waals surface area (Å²) in [6.07, 6.45) is -2.54. The summed E-state index contributed by atoms with van der Waals surface area (Å²) in [6.45, 7) is 5.09. The minimum atomic E-state index is -4.68. The van der Waals surface area contributed by atoms with E-state index in [0.717, 1.165) is 52.0 Å². The molecule has 2 aliphatic heterocycles. The summed E-state index contributed by atoms with van der Waals surface area (Å²) in [7, 11) is 0. The lowest BCUT2D eigenvalue weighted by Gasteiger charge is -2.32. The Morgan fingerprint density at radius 1 is 1.18 bits per heavy atom. The third-order valence-corrected chi connectivity index (χ3v) is 4.00. The van der Waals surface area contributed by atoms with Crippen LogP contribution in [0.3, 0.4) is 0 Å². The van der Waals surface area contributed by atoms with Crippen LogP contribution in [0.1, 0.15) is 6.42 Å². The molecule has 3 heterocycles. The molecule has 0 aromatic carbocycles. The predicted octanol–water partition coefficient (Wildman–Crippen LogP) is 1.89. The molecule has 0 saturated carbocycles. The fraction of sp³-hybridized carbons (Fsp3) is 0.643. The van der Waals surface area contributed by atoms with E-state index in [4.69, 9.17) is 4.74 Å². The third-order valence-electron chi connectivity index (χ3n) is 4.00. The van der Waals surface area contributed by atoms with E-state index in [9.17, 15) is 13.2 Å². The van der Waals surface area contributed by atoms with Gasteiger partial charge in [-0.2, -0.15) is 0 Å². The van der Waals surface area contributed by atoms with Crippen molar-refractivity contribution in [3.05, 3.63) is 18.3 Å². The van der Waals surface area contributed by atoms with Crippen LogP contribution >= 0.6 is 0 Å². The van der Waals surface area contributed by atoms with Gasteiger partial charge >= 0.3 is 6.36 Å². The molecular weight excluding hydrogens is 299 g/mol. The lowest BCUT2D eigenvalue weighted by atomic mass is 10.2. The highest BCUT2D eigenvalue weighted by Crippen LogP contribution is 2.26. The van der Waals surface area contributed by atoms with Crippen LogP contribution < -0.4 is 9.64 Å². The van der Waals surface area contributed by atoms with Gasteiger partial charge in [-0.05, 0) is 18.6 Å². The van der Waals surface area contributed by atoms with Crippen molar-refractivity contribution in [2.45, 2.75) is 18.8 Å². The molecule has 2 saturated heterocycles. The lowest BCUT2D eigenvalue weighted by molar-refractivity contribution is -0.274. The molecule has 3 rings (SSSR count). The minimum absolute atomic E-state index is 0.292. The molecule has 5 nitrogen and oxygen atoms in total. The van der Waals surface area contributed by atoms with Crippen molar-refractivity contribution >= 4 is 5.82 Å². The van der Waals surface area contributed by atoms with E-state index in [2.05, 4.69) is 19.5 Å². The van der Waals surface area contributed by atoms with Gasteiger partial charge in [0, 0.05) is 32.2 Å². The Hall–Kier alpha value is -1.54. The SMILES string of the molecule is FC(F)(F)Oc1ccc(N2CCC(N3CCOCC3)C2)nc1. The van der Waals surface area contributed by atoms with Gasteiger partial charge in [0.25, 0.3) is 0 Å². The van der Waals surface area contributed by atoms with Crippen LogP contribution in [-0.4, -0.2) is 61.7 Å². The van der Waals surface area contributed by atoms with Gasteiger partial charge in [-0.1, -0.05) is 0 Å². The number of pyridine rings is 1. The van der Waals surface area contributed by atoms with E-state index in [0.29, 0.717) is 11.9 Å².